The number of hydrogen-bond donors (Lipinski definition) is 3. The fourth-order valence-electron chi connectivity index (χ4n) is 5.43. The molecule has 3 aromatic rings. The first-order valence-electron chi connectivity index (χ1n) is 13.3. The van der Waals surface area contributed by atoms with Crippen molar-refractivity contribution in [3.63, 3.8) is 0 Å². The number of nitrogens with zero attached hydrogens (tertiary/aromatic N) is 4. The Balaban J connectivity index is 1.44. The normalized spacial score (nSPS) is 21.2. The summed E-state index contributed by atoms with van der Waals surface area (Å²) in [4.78, 5) is 25.3. The van der Waals surface area contributed by atoms with Crippen LogP contribution in [0.3, 0.4) is 0 Å². The molecule has 3 N–H and O–H groups in total. The molecule has 1 amide bonds. The van der Waals surface area contributed by atoms with Crippen LogP contribution in [0.25, 0.3) is 0 Å². The molecule has 1 saturated heterocycles. The zero-order valence-electron chi connectivity index (χ0n) is 21.9. The van der Waals surface area contributed by atoms with Gasteiger partial charge in [-0.05, 0) is 75.1 Å². The Labute approximate surface area is 227 Å². The van der Waals surface area contributed by atoms with Crippen molar-refractivity contribution in [3.8, 4) is 6.07 Å². The zero-order valence-corrected chi connectivity index (χ0v) is 22.7. The van der Waals surface area contributed by atoms with Gasteiger partial charge in [-0.2, -0.15) is 5.26 Å². The summed E-state index contributed by atoms with van der Waals surface area (Å²) in [6.45, 7) is 4.96. The number of aliphatic hydroxyl groups is 1. The van der Waals surface area contributed by atoms with Gasteiger partial charge in [0, 0.05) is 12.6 Å². The van der Waals surface area contributed by atoms with E-state index >= 15 is 0 Å². The van der Waals surface area contributed by atoms with E-state index in [4.69, 9.17) is 4.98 Å². The fraction of sp³-hybridized carbons (Fsp3) is 0.448. The maximum absolute atomic E-state index is 13.1. The highest BCUT2D eigenvalue weighted by atomic mass is 32.1. The van der Waals surface area contributed by atoms with Crippen LogP contribution in [0.15, 0.2) is 36.5 Å². The van der Waals surface area contributed by atoms with E-state index in [2.05, 4.69) is 63.8 Å². The summed E-state index contributed by atoms with van der Waals surface area (Å²) in [5.41, 5.74) is 4.31. The Morgan fingerprint density at radius 1 is 1.18 bits per heavy atom. The summed E-state index contributed by atoms with van der Waals surface area (Å²) in [6, 6.07) is 13.2. The van der Waals surface area contributed by atoms with E-state index < -0.39 is 0 Å². The number of hydrogen-bond acceptors (Lipinski definition) is 8. The number of carbonyl (C=O) groups excluding carboxylic acids is 1. The van der Waals surface area contributed by atoms with E-state index in [0.717, 1.165) is 62.0 Å². The van der Waals surface area contributed by atoms with Gasteiger partial charge in [-0.3, -0.25) is 4.79 Å². The van der Waals surface area contributed by atoms with Crippen molar-refractivity contribution in [2.75, 3.05) is 16.8 Å². The molecule has 198 valence electrons. The van der Waals surface area contributed by atoms with Gasteiger partial charge in [0.2, 0.25) is 5.91 Å². The number of carbonyl (C=O) groups is 1. The number of anilines is 3. The Bertz CT molecular complexity index is 1320. The number of amides is 1. The molecule has 1 atom stereocenters. The second-order valence-corrected chi connectivity index (χ2v) is 11.4. The van der Waals surface area contributed by atoms with Crippen LogP contribution in [0.1, 0.15) is 71.7 Å². The summed E-state index contributed by atoms with van der Waals surface area (Å²) in [7, 11) is 0. The van der Waals surface area contributed by atoms with Crippen LogP contribution in [-0.2, 0) is 11.2 Å². The molecule has 8 nitrogen and oxygen atoms in total. The third kappa shape index (κ3) is 5.98. The average molecular weight is 531 g/mol. The van der Waals surface area contributed by atoms with E-state index in [1.807, 2.05) is 6.92 Å². The van der Waals surface area contributed by atoms with E-state index in [-0.39, 0.29) is 30.5 Å². The maximum atomic E-state index is 13.1. The van der Waals surface area contributed by atoms with Gasteiger partial charge in [0.25, 0.3) is 0 Å². The number of thiazole rings is 1. The lowest BCUT2D eigenvalue weighted by molar-refractivity contribution is -0.121. The summed E-state index contributed by atoms with van der Waals surface area (Å²) < 4.78 is 0. The first-order valence-corrected chi connectivity index (χ1v) is 14.2. The van der Waals surface area contributed by atoms with E-state index in [0.29, 0.717) is 15.8 Å². The maximum Gasteiger partial charge on any atom is 0.224 e. The highest BCUT2D eigenvalue weighted by Gasteiger charge is 2.29. The molecule has 1 aliphatic heterocycles. The van der Waals surface area contributed by atoms with E-state index in [1.54, 1.807) is 6.20 Å². The van der Waals surface area contributed by atoms with Gasteiger partial charge in [-0.1, -0.05) is 41.2 Å². The zero-order chi connectivity index (χ0) is 26.6. The third-order valence-corrected chi connectivity index (χ3v) is 8.45. The third-order valence-electron chi connectivity index (χ3n) is 7.63. The minimum absolute atomic E-state index is 0.0184. The Kier molecular flexibility index (Phi) is 7.91. The molecule has 38 heavy (non-hydrogen) atoms. The molecule has 2 aliphatic rings. The van der Waals surface area contributed by atoms with Crippen molar-refractivity contribution < 1.29 is 9.90 Å². The van der Waals surface area contributed by atoms with Gasteiger partial charge in [-0.15, -0.1) is 0 Å². The van der Waals surface area contributed by atoms with Crippen LogP contribution in [0, 0.1) is 25.2 Å². The van der Waals surface area contributed by atoms with Crippen LogP contribution in [0.5, 0.6) is 0 Å². The quantitative estimate of drug-likeness (QED) is 0.391. The molecule has 5 rings (SSSR count). The molecule has 0 unspecified atom stereocenters. The summed E-state index contributed by atoms with van der Waals surface area (Å²) in [6.07, 6.45) is 6.72. The Morgan fingerprint density at radius 3 is 2.66 bits per heavy atom. The molecule has 1 aromatic carbocycles. The number of aromatic nitrogens is 2. The van der Waals surface area contributed by atoms with Crippen molar-refractivity contribution in [3.05, 3.63) is 63.7 Å². The molecular weight excluding hydrogens is 496 g/mol. The van der Waals surface area contributed by atoms with E-state index in [9.17, 15) is 15.2 Å². The van der Waals surface area contributed by atoms with Gasteiger partial charge in [-0.25, -0.2) is 9.97 Å². The van der Waals surface area contributed by atoms with Crippen LogP contribution < -0.4 is 15.5 Å². The number of nitriles is 1. The number of benzene rings is 1. The summed E-state index contributed by atoms with van der Waals surface area (Å²) in [5, 5.41) is 26.1. The predicted molar refractivity (Wildman–Crippen MR) is 150 cm³/mol. The minimum Gasteiger partial charge on any atom is -0.393 e. The summed E-state index contributed by atoms with van der Waals surface area (Å²) in [5.74, 6) is 1.47. The molecule has 1 aliphatic carbocycles. The second kappa shape index (κ2) is 11.5. The predicted octanol–water partition coefficient (Wildman–Crippen LogP) is 5.07. The fourth-order valence-corrected chi connectivity index (χ4v) is 6.04. The van der Waals surface area contributed by atoms with E-state index in [1.165, 1.54) is 22.5 Å². The molecule has 9 heteroatoms. The SMILES string of the molecule is Cc1ccc([C@@H]2CCCN2c2cc(CC(=O)NC3CCC(O)CC3)c(C)c(Nc3ncc(C#N)s3)n2)cc1. The molecule has 3 heterocycles. The van der Waals surface area contributed by atoms with Crippen molar-refractivity contribution in [1.29, 1.82) is 5.26 Å². The first-order chi connectivity index (χ1) is 18.4. The monoisotopic (exact) mass is 530 g/mol. The molecule has 2 fully saturated rings. The van der Waals surface area contributed by atoms with Crippen LogP contribution >= 0.6 is 11.3 Å². The van der Waals surface area contributed by atoms with Crippen LogP contribution in [-0.4, -0.2) is 39.7 Å². The highest BCUT2D eigenvalue weighted by Crippen LogP contribution is 2.38. The van der Waals surface area contributed by atoms with Gasteiger partial charge in [0.1, 0.15) is 22.6 Å². The van der Waals surface area contributed by atoms with Crippen molar-refractivity contribution in [2.45, 2.75) is 77.0 Å². The van der Waals surface area contributed by atoms with Crippen LogP contribution in [0.4, 0.5) is 16.8 Å². The largest absolute Gasteiger partial charge is 0.393 e. The topological polar surface area (TPSA) is 114 Å². The summed E-state index contributed by atoms with van der Waals surface area (Å²) >= 11 is 1.28. The molecule has 2 aromatic heterocycles. The Morgan fingerprint density at radius 2 is 1.95 bits per heavy atom. The smallest absolute Gasteiger partial charge is 0.224 e. The van der Waals surface area contributed by atoms with Crippen molar-refractivity contribution >= 4 is 34.0 Å². The number of aliphatic hydroxyl groups excluding tert-OH is 1. The lowest BCUT2D eigenvalue weighted by Gasteiger charge is -2.28. The van der Waals surface area contributed by atoms with Gasteiger partial charge in [0.05, 0.1) is 24.8 Å². The Hall–Kier alpha value is -3.48. The number of aryl methyl sites for hydroxylation is 1. The number of pyridine rings is 1. The standard InChI is InChI=1S/C29H34N6O2S/c1-18-5-7-20(8-6-18)25-4-3-13-35(25)26-14-21(15-27(37)32-22-9-11-23(36)12-10-22)19(2)28(33-26)34-29-31-17-24(16-30)38-29/h5-8,14,17,22-23,25,36H,3-4,9-13,15H2,1-2H3,(H,32,37)(H,31,33,34)/t22?,23?,25-/m0/s1. The molecule has 0 spiro atoms. The molecule has 0 bridgehead atoms. The van der Waals surface area contributed by atoms with Gasteiger partial charge < -0.3 is 20.6 Å². The second-order valence-electron chi connectivity index (χ2n) is 10.4. The van der Waals surface area contributed by atoms with Gasteiger partial charge in [0.15, 0.2) is 5.13 Å². The van der Waals surface area contributed by atoms with Crippen molar-refractivity contribution in [1.82, 2.24) is 15.3 Å². The first kappa shape index (κ1) is 26.1. The number of rotatable bonds is 7. The molecular formula is C29H34N6O2S. The average Bonchev–Trinajstić information content (AvgIpc) is 3.58. The lowest BCUT2D eigenvalue weighted by Crippen LogP contribution is -2.39. The van der Waals surface area contributed by atoms with Crippen LogP contribution in [0.2, 0.25) is 0 Å². The van der Waals surface area contributed by atoms with Crippen molar-refractivity contribution in [2.24, 2.45) is 0 Å². The lowest BCUT2D eigenvalue weighted by atomic mass is 9.93. The minimum atomic E-state index is -0.254. The number of nitrogens with one attached hydrogen (secondary N) is 2. The van der Waals surface area contributed by atoms with Gasteiger partial charge >= 0.3 is 0 Å². The molecule has 1 saturated carbocycles. The highest BCUT2D eigenvalue weighted by molar-refractivity contribution is 7.16. The molecule has 0 radical (unpaired) electrons.